The van der Waals surface area contributed by atoms with Gasteiger partial charge in [-0.25, -0.2) is 0 Å². The van der Waals surface area contributed by atoms with Crippen molar-refractivity contribution in [2.24, 2.45) is 5.92 Å². The Morgan fingerprint density at radius 3 is 2.20 bits per heavy atom. The van der Waals surface area contributed by atoms with E-state index in [1.807, 2.05) is 13.8 Å². The minimum Gasteiger partial charge on any atom is -0.189 e. The lowest BCUT2D eigenvalue weighted by Gasteiger charge is -2.06. The molecule has 0 aromatic rings. The summed E-state index contributed by atoms with van der Waals surface area (Å²) in [5, 5.41) is -2.69. The number of hydrogen-bond donors (Lipinski definition) is 0. The SMILES string of the molecule is CSC(F)(F)/C=C\C(C)C. The van der Waals surface area contributed by atoms with Gasteiger partial charge in [-0.1, -0.05) is 31.7 Å². The average Bonchev–Trinajstić information content (AvgIpc) is 1.85. The molecule has 3 heteroatoms. The Balaban J connectivity index is 3.86. The molecule has 0 spiro atoms. The summed E-state index contributed by atoms with van der Waals surface area (Å²) >= 11 is 0.549. The first-order chi connectivity index (χ1) is 4.48. The molecule has 0 nitrogen and oxygen atoms in total. The highest BCUT2D eigenvalue weighted by Gasteiger charge is 2.22. The Kier molecular flexibility index (Phi) is 3.94. The number of rotatable bonds is 3. The standard InChI is InChI=1S/C7H12F2S/c1-6(2)4-5-7(8,9)10-3/h4-6H,1-3H3/b5-4-. The third kappa shape index (κ3) is 4.79. The number of allylic oxidation sites excluding steroid dienone is 1. The van der Waals surface area contributed by atoms with Gasteiger partial charge in [0, 0.05) is 0 Å². The van der Waals surface area contributed by atoms with Gasteiger partial charge >= 0.3 is 5.25 Å². The molecule has 0 aliphatic heterocycles. The fourth-order valence-electron chi connectivity index (χ4n) is 0.373. The molecule has 0 saturated heterocycles. The van der Waals surface area contributed by atoms with Gasteiger partial charge in [-0.15, -0.1) is 0 Å². The molecule has 0 aliphatic carbocycles. The predicted octanol–water partition coefficient (Wildman–Crippen LogP) is 3.15. The molecule has 60 valence electrons. The normalized spacial score (nSPS) is 13.4. The molecular formula is C7H12F2S. The first kappa shape index (κ1) is 9.95. The second-order valence-corrected chi connectivity index (χ2v) is 3.32. The minimum absolute atomic E-state index is 0.193. The molecule has 0 heterocycles. The molecule has 10 heavy (non-hydrogen) atoms. The maximum atomic E-state index is 12.4. The zero-order valence-corrected chi connectivity index (χ0v) is 7.21. The number of halogens is 2. The van der Waals surface area contributed by atoms with E-state index in [2.05, 4.69) is 0 Å². The monoisotopic (exact) mass is 166 g/mol. The summed E-state index contributed by atoms with van der Waals surface area (Å²) in [6.07, 6.45) is 3.85. The van der Waals surface area contributed by atoms with Crippen LogP contribution in [0, 0.1) is 5.92 Å². The van der Waals surface area contributed by atoms with Crippen LogP contribution in [0.4, 0.5) is 8.78 Å². The van der Waals surface area contributed by atoms with Crippen LogP contribution in [0.3, 0.4) is 0 Å². The van der Waals surface area contributed by atoms with Gasteiger partial charge in [0.25, 0.3) is 0 Å². The lowest BCUT2D eigenvalue weighted by atomic mass is 10.2. The van der Waals surface area contributed by atoms with E-state index in [1.54, 1.807) is 0 Å². The highest BCUT2D eigenvalue weighted by atomic mass is 32.2. The molecule has 0 saturated carbocycles. The molecule has 0 fully saturated rings. The second kappa shape index (κ2) is 3.96. The van der Waals surface area contributed by atoms with Gasteiger partial charge in [0.15, 0.2) is 0 Å². The van der Waals surface area contributed by atoms with Crippen molar-refractivity contribution in [1.82, 2.24) is 0 Å². The van der Waals surface area contributed by atoms with Crippen molar-refractivity contribution >= 4 is 11.8 Å². The quantitative estimate of drug-likeness (QED) is 0.580. The Hall–Kier alpha value is -0.0500. The van der Waals surface area contributed by atoms with Crippen molar-refractivity contribution in [2.45, 2.75) is 19.1 Å². The average molecular weight is 166 g/mol. The molecule has 0 radical (unpaired) electrons. The van der Waals surface area contributed by atoms with Crippen molar-refractivity contribution in [2.75, 3.05) is 6.26 Å². The van der Waals surface area contributed by atoms with E-state index in [1.165, 1.54) is 12.3 Å². The van der Waals surface area contributed by atoms with E-state index in [9.17, 15) is 8.78 Å². The van der Waals surface area contributed by atoms with Gasteiger partial charge in [0.05, 0.1) is 0 Å². The van der Waals surface area contributed by atoms with Crippen molar-refractivity contribution in [1.29, 1.82) is 0 Å². The molecule has 0 bridgehead atoms. The summed E-state index contributed by atoms with van der Waals surface area (Å²) in [7, 11) is 0. The molecule has 0 atom stereocenters. The summed E-state index contributed by atoms with van der Waals surface area (Å²) in [6, 6.07) is 0. The van der Waals surface area contributed by atoms with Crippen molar-refractivity contribution in [3.8, 4) is 0 Å². The smallest absolute Gasteiger partial charge is 0.189 e. The third-order valence-corrected chi connectivity index (χ3v) is 1.63. The molecular weight excluding hydrogens is 154 g/mol. The van der Waals surface area contributed by atoms with Crippen molar-refractivity contribution < 1.29 is 8.78 Å². The van der Waals surface area contributed by atoms with Gasteiger partial charge < -0.3 is 0 Å². The van der Waals surface area contributed by atoms with E-state index < -0.39 is 5.25 Å². The fraction of sp³-hybridized carbons (Fsp3) is 0.714. The molecule has 0 aromatic carbocycles. The summed E-state index contributed by atoms with van der Waals surface area (Å²) in [5.41, 5.74) is 0. The summed E-state index contributed by atoms with van der Waals surface area (Å²) in [6.45, 7) is 3.74. The van der Waals surface area contributed by atoms with Gasteiger partial charge in [-0.05, 0) is 18.2 Å². The van der Waals surface area contributed by atoms with Gasteiger partial charge in [0.2, 0.25) is 0 Å². The van der Waals surface area contributed by atoms with E-state index in [-0.39, 0.29) is 5.92 Å². The maximum absolute atomic E-state index is 12.4. The van der Waals surface area contributed by atoms with Crippen LogP contribution in [0.5, 0.6) is 0 Å². The first-order valence-corrected chi connectivity index (χ1v) is 4.33. The number of hydrogen-bond acceptors (Lipinski definition) is 1. The van der Waals surface area contributed by atoms with Crippen LogP contribution < -0.4 is 0 Å². The van der Waals surface area contributed by atoms with Crippen LogP contribution in [0.1, 0.15) is 13.8 Å². The second-order valence-electron chi connectivity index (χ2n) is 2.37. The molecule has 0 unspecified atom stereocenters. The van der Waals surface area contributed by atoms with Crippen LogP contribution in [-0.4, -0.2) is 11.5 Å². The Morgan fingerprint density at radius 2 is 1.90 bits per heavy atom. The van der Waals surface area contributed by atoms with Gasteiger partial charge in [-0.2, -0.15) is 8.78 Å². The predicted molar refractivity (Wildman–Crippen MR) is 42.4 cm³/mol. The molecule has 0 amide bonds. The van der Waals surface area contributed by atoms with Crippen molar-refractivity contribution in [3.05, 3.63) is 12.2 Å². The highest BCUT2D eigenvalue weighted by molar-refractivity contribution is 7.99. The van der Waals surface area contributed by atoms with E-state index in [4.69, 9.17) is 0 Å². The highest BCUT2D eigenvalue weighted by Crippen LogP contribution is 2.27. The molecule has 0 rings (SSSR count). The van der Waals surface area contributed by atoms with Gasteiger partial charge in [0.1, 0.15) is 0 Å². The summed E-state index contributed by atoms with van der Waals surface area (Å²) < 4.78 is 24.8. The van der Waals surface area contributed by atoms with Gasteiger partial charge in [-0.3, -0.25) is 0 Å². The third-order valence-electron chi connectivity index (χ3n) is 0.947. The van der Waals surface area contributed by atoms with E-state index in [0.29, 0.717) is 11.8 Å². The Labute approximate surface area is 64.7 Å². The van der Waals surface area contributed by atoms with Crippen molar-refractivity contribution in [3.63, 3.8) is 0 Å². The summed E-state index contributed by atoms with van der Waals surface area (Å²) in [4.78, 5) is 0. The van der Waals surface area contributed by atoms with Crippen LogP contribution in [0.25, 0.3) is 0 Å². The van der Waals surface area contributed by atoms with Crippen LogP contribution >= 0.6 is 11.8 Å². The van der Waals surface area contributed by atoms with E-state index >= 15 is 0 Å². The lowest BCUT2D eigenvalue weighted by Crippen LogP contribution is -2.04. The van der Waals surface area contributed by atoms with Crippen LogP contribution in [-0.2, 0) is 0 Å². The first-order valence-electron chi connectivity index (χ1n) is 3.10. The Morgan fingerprint density at radius 1 is 1.40 bits per heavy atom. The summed E-state index contributed by atoms with van der Waals surface area (Å²) in [5.74, 6) is 0.193. The zero-order valence-electron chi connectivity index (χ0n) is 6.40. The largest absolute Gasteiger partial charge is 0.312 e. The molecule has 0 N–H and O–H groups in total. The topological polar surface area (TPSA) is 0 Å². The fourth-order valence-corrected chi connectivity index (χ4v) is 0.587. The number of thioether (sulfide) groups is 1. The van der Waals surface area contributed by atoms with Crippen LogP contribution in [0.15, 0.2) is 12.2 Å². The number of alkyl halides is 2. The van der Waals surface area contributed by atoms with E-state index in [0.717, 1.165) is 6.08 Å². The zero-order chi connectivity index (χ0) is 8.20. The molecule has 0 aromatic heterocycles. The van der Waals surface area contributed by atoms with Crippen LogP contribution in [0.2, 0.25) is 0 Å². The lowest BCUT2D eigenvalue weighted by molar-refractivity contribution is 0.162. The maximum Gasteiger partial charge on any atom is 0.312 e. The minimum atomic E-state index is -2.69. The Bertz CT molecular complexity index is 119. The molecule has 0 aliphatic rings.